The van der Waals surface area contributed by atoms with Gasteiger partial charge in [-0.2, -0.15) is 4.31 Å². The summed E-state index contributed by atoms with van der Waals surface area (Å²) in [5.74, 6) is -1.95. The highest BCUT2D eigenvalue weighted by molar-refractivity contribution is 7.89. The monoisotopic (exact) mass is 408 g/mol. The fourth-order valence-electron chi connectivity index (χ4n) is 2.22. The van der Waals surface area contributed by atoms with Crippen molar-refractivity contribution in [3.63, 3.8) is 0 Å². The molecule has 0 fully saturated rings. The Morgan fingerprint density at radius 2 is 1.68 bits per heavy atom. The van der Waals surface area contributed by atoms with Gasteiger partial charge in [0.25, 0.3) is 5.91 Å². The Hall–Kier alpha value is -2.78. The van der Waals surface area contributed by atoms with E-state index in [4.69, 9.17) is 4.74 Å². The molecule has 0 saturated heterocycles. The van der Waals surface area contributed by atoms with Crippen LogP contribution >= 0.6 is 0 Å². The van der Waals surface area contributed by atoms with Crippen molar-refractivity contribution in [2.24, 2.45) is 0 Å². The zero-order valence-electron chi connectivity index (χ0n) is 15.7. The molecule has 0 aromatic heterocycles. The van der Waals surface area contributed by atoms with E-state index in [1.807, 2.05) is 6.92 Å². The number of likely N-dealkylation sites (N-methyl/N-ethyl adjacent to an activating group) is 1. The quantitative estimate of drug-likeness (QED) is 0.710. The minimum atomic E-state index is -3.86. The first-order valence-corrected chi connectivity index (χ1v) is 9.82. The van der Waals surface area contributed by atoms with E-state index >= 15 is 0 Å². The summed E-state index contributed by atoms with van der Waals surface area (Å²) in [6.07, 6.45) is -1.16. The van der Waals surface area contributed by atoms with Gasteiger partial charge in [0.1, 0.15) is 12.4 Å². The maximum absolute atomic E-state index is 12.9. The number of nitrogens with zero attached hydrogens (tertiary/aromatic N) is 1. The second-order valence-electron chi connectivity index (χ2n) is 6.20. The number of aryl methyl sites for hydroxylation is 1. The highest BCUT2D eigenvalue weighted by atomic mass is 32.2. The van der Waals surface area contributed by atoms with Crippen molar-refractivity contribution in [2.75, 3.05) is 18.9 Å². The number of halogens is 1. The third-order valence-corrected chi connectivity index (χ3v) is 5.69. The third-order valence-electron chi connectivity index (χ3n) is 3.87. The molecule has 0 saturated carbocycles. The van der Waals surface area contributed by atoms with E-state index in [-0.39, 0.29) is 4.90 Å². The Kier molecular flexibility index (Phi) is 6.87. The second kappa shape index (κ2) is 8.94. The van der Waals surface area contributed by atoms with Crippen LogP contribution in [0.25, 0.3) is 0 Å². The number of sulfonamides is 1. The SMILES string of the molecule is Cc1ccc(S(=O)(=O)N(C)CC(=O)O[C@@H](C)C(=O)Nc2ccc(F)cc2)cc1. The summed E-state index contributed by atoms with van der Waals surface area (Å²) >= 11 is 0. The Bertz CT molecular complexity index is 943. The van der Waals surface area contributed by atoms with Gasteiger partial charge >= 0.3 is 5.97 Å². The molecule has 0 radical (unpaired) electrons. The molecular weight excluding hydrogens is 387 g/mol. The molecule has 0 heterocycles. The van der Waals surface area contributed by atoms with Crippen molar-refractivity contribution >= 4 is 27.6 Å². The van der Waals surface area contributed by atoms with Crippen LogP contribution in [0.1, 0.15) is 12.5 Å². The van der Waals surface area contributed by atoms with Crippen LogP contribution in [0, 0.1) is 12.7 Å². The molecule has 0 unspecified atom stereocenters. The molecule has 0 aliphatic carbocycles. The third kappa shape index (κ3) is 5.61. The van der Waals surface area contributed by atoms with Gasteiger partial charge in [-0.15, -0.1) is 0 Å². The lowest BCUT2D eigenvalue weighted by atomic mass is 10.2. The molecular formula is C19H21FN2O5S. The molecule has 1 atom stereocenters. The van der Waals surface area contributed by atoms with Crippen LogP contribution < -0.4 is 5.32 Å². The van der Waals surface area contributed by atoms with Crippen LogP contribution in [0.3, 0.4) is 0 Å². The minimum Gasteiger partial charge on any atom is -0.452 e. The maximum atomic E-state index is 12.9. The zero-order chi connectivity index (χ0) is 20.9. The average molecular weight is 408 g/mol. The van der Waals surface area contributed by atoms with Crippen molar-refractivity contribution < 1.29 is 27.1 Å². The number of hydrogen-bond donors (Lipinski definition) is 1. The molecule has 0 bridgehead atoms. The van der Waals surface area contributed by atoms with E-state index in [1.54, 1.807) is 12.1 Å². The number of benzene rings is 2. The van der Waals surface area contributed by atoms with Gasteiger partial charge in [-0.3, -0.25) is 9.59 Å². The summed E-state index contributed by atoms with van der Waals surface area (Å²) in [7, 11) is -2.61. The lowest BCUT2D eigenvalue weighted by molar-refractivity contribution is -0.153. The van der Waals surface area contributed by atoms with Crippen molar-refractivity contribution in [1.29, 1.82) is 0 Å². The lowest BCUT2D eigenvalue weighted by Gasteiger charge is -2.18. The lowest BCUT2D eigenvalue weighted by Crippen LogP contribution is -2.37. The Labute approximate surface area is 163 Å². The van der Waals surface area contributed by atoms with Crippen LogP contribution in [0.5, 0.6) is 0 Å². The van der Waals surface area contributed by atoms with Crippen LogP contribution in [0.15, 0.2) is 53.4 Å². The summed E-state index contributed by atoms with van der Waals surface area (Å²) in [4.78, 5) is 24.1. The highest BCUT2D eigenvalue weighted by Gasteiger charge is 2.25. The van der Waals surface area contributed by atoms with E-state index in [2.05, 4.69) is 5.32 Å². The van der Waals surface area contributed by atoms with Gasteiger partial charge in [-0.25, -0.2) is 12.8 Å². The normalized spacial score (nSPS) is 12.5. The summed E-state index contributed by atoms with van der Waals surface area (Å²) < 4.78 is 43.7. The number of carbonyl (C=O) groups is 2. The number of anilines is 1. The van der Waals surface area contributed by atoms with Crippen molar-refractivity contribution in [2.45, 2.75) is 24.8 Å². The molecule has 7 nitrogen and oxygen atoms in total. The van der Waals surface area contributed by atoms with Crippen LogP contribution in [0.4, 0.5) is 10.1 Å². The topological polar surface area (TPSA) is 92.8 Å². The Balaban J connectivity index is 1.93. The fourth-order valence-corrected chi connectivity index (χ4v) is 3.34. The standard InChI is InChI=1S/C19H21FN2O5S/c1-13-4-10-17(11-5-13)28(25,26)22(3)12-18(23)27-14(2)19(24)21-16-8-6-15(20)7-9-16/h4-11,14H,12H2,1-3H3,(H,21,24)/t14-/m0/s1. The van der Waals surface area contributed by atoms with Gasteiger partial charge in [-0.05, 0) is 50.2 Å². The molecule has 0 spiro atoms. The Morgan fingerprint density at radius 1 is 1.11 bits per heavy atom. The van der Waals surface area contributed by atoms with E-state index in [1.165, 1.54) is 50.4 Å². The van der Waals surface area contributed by atoms with Gasteiger partial charge in [0, 0.05) is 12.7 Å². The minimum absolute atomic E-state index is 0.0514. The van der Waals surface area contributed by atoms with Crippen molar-refractivity contribution in [3.05, 3.63) is 59.9 Å². The fraction of sp³-hybridized carbons (Fsp3) is 0.263. The number of amides is 1. The number of nitrogens with one attached hydrogen (secondary N) is 1. The summed E-state index contributed by atoms with van der Waals surface area (Å²) in [6.45, 7) is 2.63. The van der Waals surface area contributed by atoms with Gasteiger partial charge in [0.05, 0.1) is 4.90 Å². The molecule has 2 rings (SSSR count). The number of hydrogen-bond acceptors (Lipinski definition) is 5. The molecule has 2 aromatic carbocycles. The van der Waals surface area contributed by atoms with Crippen LogP contribution in [-0.2, 0) is 24.3 Å². The number of carbonyl (C=O) groups excluding carboxylic acids is 2. The summed E-state index contributed by atoms with van der Waals surface area (Å²) in [5.41, 5.74) is 1.25. The molecule has 0 aliphatic rings. The predicted molar refractivity (Wildman–Crippen MR) is 102 cm³/mol. The second-order valence-corrected chi connectivity index (χ2v) is 8.25. The maximum Gasteiger partial charge on any atom is 0.322 e. The van der Waals surface area contributed by atoms with Crippen LogP contribution in [-0.4, -0.2) is 44.3 Å². The van der Waals surface area contributed by atoms with Crippen molar-refractivity contribution in [3.8, 4) is 0 Å². The van der Waals surface area contributed by atoms with E-state index < -0.39 is 40.4 Å². The smallest absolute Gasteiger partial charge is 0.322 e. The molecule has 28 heavy (non-hydrogen) atoms. The molecule has 2 aromatic rings. The predicted octanol–water partition coefficient (Wildman–Crippen LogP) is 2.33. The number of rotatable bonds is 7. The molecule has 1 amide bonds. The van der Waals surface area contributed by atoms with Gasteiger partial charge < -0.3 is 10.1 Å². The largest absolute Gasteiger partial charge is 0.452 e. The first-order valence-electron chi connectivity index (χ1n) is 8.38. The van der Waals surface area contributed by atoms with E-state index in [0.717, 1.165) is 9.87 Å². The van der Waals surface area contributed by atoms with E-state index in [9.17, 15) is 22.4 Å². The average Bonchev–Trinajstić information content (AvgIpc) is 2.63. The Morgan fingerprint density at radius 3 is 2.25 bits per heavy atom. The first-order chi connectivity index (χ1) is 13.1. The molecule has 0 aliphatic heterocycles. The zero-order valence-corrected chi connectivity index (χ0v) is 16.5. The van der Waals surface area contributed by atoms with Crippen LogP contribution in [0.2, 0.25) is 0 Å². The van der Waals surface area contributed by atoms with E-state index in [0.29, 0.717) is 5.69 Å². The van der Waals surface area contributed by atoms with Gasteiger partial charge in [0.15, 0.2) is 6.10 Å². The summed E-state index contributed by atoms with van der Waals surface area (Å²) in [6, 6.07) is 11.3. The molecule has 150 valence electrons. The molecule has 1 N–H and O–H groups in total. The highest BCUT2D eigenvalue weighted by Crippen LogP contribution is 2.15. The summed E-state index contributed by atoms with van der Waals surface area (Å²) in [5, 5.41) is 2.47. The molecule has 9 heteroatoms. The first kappa shape index (κ1) is 21.5. The number of ether oxygens (including phenoxy) is 1. The van der Waals surface area contributed by atoms with Gasteiger partial charge in [0.2, 0.25) is 10.0 Å². The van der Waals surface area contributed by atoms with Crippen molar-refractivity contribution in [1.82, 2.24) is 4.31 Å². The van der Waals surface area contributed by atoms with Gasteiger partial charge in [-0.1, -0.05) is 17.7 Å². The number of esters is 1.